The molecule has 9 nitrogen and oxygen atoms in total. The Balaban J connectivity index is 1.26. The fraction of sp³-hybridized carbons (Fsp3) is 0.417. The van der Waals surface area contributed by atoms with Crippen LogP contribution >= 0.6 is 23.5 Å². The quantitative estimate of drug-likeness (QED) is 0.281. The summed E-state index contributed by atoms with van der Waals surface area (Å²) in [5.41, 5.74) is 0.955. The van der Waals surface area contributed by atoms with Crippen molar-refractivity contribution >= 4 is 47.2 Å². The highest BCUT2D eigenvalue weighted by atomic mass is 32.2. The number of β-lactam (4-membered cyclic amide) rings is 1. The molecule has 0 saturated carbocycles. The molecule has 0 bridgehead atoms. The van der Waals surface area contributed by atoms with Gasteiger partial charge in [-0.2, -0.15) is 0 Å². The normalized spacial score (nSPS) is 27.3. The van der Waals surface area contributed by atoms with E-state index < -0.39 is 23.3 Å². The Morgan fingerprint density at radius 2 is 2.06 bits per heavy atom. The molecule has 0 radical (unpaired) electrons. The van der Waals surface area contributed by atoms with Crippen molar-refractivity contribution in [1.82, 2.24) is 20.4 Å². The van der Waals surface area contributed by atoms with E-state index in [0.717, 1.165) is 24.4 Å². The highest BCUT2D eigenvalue weighted by Gasteiger charge is 2.54. The van der Waals surface area contributed by atoms with Crippen LogP contribution in [0.3, 0.4) is 0 Å². The molecule has 5 rings (SSSR count). The van der Waals surface area contributed by atoms with E-state index in [-0.39, 0.29) is 29.3 Å². The maximum Gasteiger partial charge on any atom is 0.352 e. The van der Waals surface area contributed by atoms with Gasteiger partial charge in [-0.3, -0.25) is 19.3 Å². The number of nitrogens with one attached hydrogen (secondary N) is 2. The minimum Gasteiger partial charge on any atom is -0.477 e. The van der Waals surface area contributed by atoms with Gasteiger partial charge >= 0.3 is 5.97 Å². The fourth-order valence-electron chi connectivity index (χ4n) is 4.87. The SMILES string of the molecule is O=C(CSc1ccccc1)NC1C(=O)N2C(C(=O)O)=C(/C=C3\CCN(C4CCNC4)C3=O)CSC12. The van der Waals surface area contributed by atoms with Gasteiger partial charge in [-0.25, -0.2) is 4.79 Å². The molecule has 4 aliphatic heterocycles. The van der Waals surface area contributed by atoms with E-state index in [4.69, 9.17) is 0 Å². The molecule has 0 aromatic heterocycles. The Labute approximate surface area is 211 Å². The average Bonchev–Trinajstić information content (AvgIpc) is 3.51. The van der Waals surface area contributed by atoms with Crippen molar-refractivity contribution in [2.24, 2.45) is 0 Å². The van der Waals surface area contributed by atoms with Crippen molar-refractivity contribution in [1.29, 1.82) is 0 Å². The molecule has 184 valence electrons. The van der Waals surface area contributed by atoms with E-state index in [2.05, 4.69) is 10.6 Å². The number of thioether (sulfide) groups is 2. The van der Waals surface area contributed by atoms with Crippen LogP contribution in [0, 0.1) is 0 Å². The Hall–Kier alpha value is -2.76. The van der Waals surface area contributed by atoms with E-state index in [9.17, 15) is 24.3 Å². The molecule has 3 saturated heterocycles. The number of nitrogens with zero attached hydrogens (tertiary/aromatic N) is 2. The average molecular weight is 515 g/mol. The van der Waals surface area contributed by atoms with Gasteiger partial charge in [-0.1, -0.05) is 18.2 Å². The number of fused-ring (bicyclic) bond motifs is 1. The van der Waals surface area contributed by atoms with Gasteiger partial charge in [0.25, 0.3) is 5.91 Å². The van der Waals surface area contributed by atoms with E-state index in [1.807, 2.05) is 35.2 Å². The number of carboxylic acid groups (broad SMARTS) is 1. The largest absolute Gasteiger partial charge is 0.477 e. The number of hydrogen-bond acceptors (Lipinski definition) is 7. The number of carbonyl (C=O) groups is 4. The molecule has 11 heteroatoms. The number of allylic oxidation sites excluding steroid dienone is 1. The van der Waals surface area contributed by atoms with Crippen LogP contribution in [0.1, 0.15) is 12.8 Å². The summed E-state index contributed by atoms with van der Waals surface area (Å²) in [5.74, 6) is -1.46. The molecule has 35 heavy (non-hydrogen) atoms. The Kier molecular flexibility index (Phi) is 6.90. The number of aliphatic carboxylic acids is 1. The van der Waals surface area contributed by atoms with Crippen molar-refractivity contribution in [3.63, 3.8) is 0 Å². The van der Waals surface area contributed by atoms with Gasteiger partial charge in [0.2, 0.25) is 11.8 Å². The van der Waals surface area contributed by atoms with E-state index in [0.29, 0.717) is 29.9 Å². The number of benzene rings is 1. The van der Waals surface area contributed by atoms with Crippen molar-refractivity contribution in [3.05, 3.63) is 53.3 Å². The molecule has 3 atom stereocenters. The second kappa shape index (κ2) is 10.1. The van der Waals surface area contributed by atoms with Crippen molar-refractivity contribution in [2.45, 2.75) is 35.2 Å². The summed E-state index contributed by atoms with van der Waals surface area (Å²) in [4.78, 5) is 54.4. The number of amides is 3. The van der Waals surface area contributed by atoms with Gasteiger partial charge in [0.15, 0.2) is 0 Å². The minimum atomic E-state index is -1.21. The number of carbonyl (C=O) groups excluding carboxylic acids is 3. The fourth-order valence-corrected chi connectivity index (χ4v) is 6.90. The molecule has 3 amide bonds. The Morgan fingerprint density at radius 3 is 2.77 bits per heavy atom. The molecular formula is C24H26N4O5S2. The molecular weight excluding hydrogens is 488 g/mol. The summed E-state index contributed by atoms with van der Waals surface area (Å²) in [7, 11) is 0. The summed E-state index contributed by atoms with van der Waals surface area (Å²) >= 11 is 2.78. The molecule has 1 aromatic carbocycles. The van der Waals surface area contributed by atoms with Crippen LogP contribution in [0.4, 0.5) is 0 Å². The van der Waals surface area contributed by atoms with Gasteiger partial charge in [-0.15, -0.1) is 23.5 Å². The second-order valence-corrected chi connectivity index (χ2v) is 11.0. The monoisotopic (exact) mass is 514 g/mol. The zero-order chi connectivity index (χ0) is 24.5. The zero-order valence-electron chi connectivity index (χ0n) is 18.9. The van der Waals surface area contributed by atoms with Gasteiger partial charge in [-0.05, 0) is 43.2 Å². The molecule has 3 unspecified atom stereocenters. The first-order valence-corrected chi connectivity index (χ1v) is 13.6. The number of likely N-dealkylation sites (tertiary alicyclic amines) is 1. The van der Waals surface area contributed by atoms with Crippen LogP contribution in [-0.2, 0) is 19.2 Å². The van der Waals surface area contributed by atoms with E-state index >= 15 is 0 Å². The summed E-state index contributed by atoms with van der Waals surface area (Å²) in [5, 5.41) is 15.5. The molecule has 3 N–H and O–H groups in total. The molecule has 3 fully saturated rings. The van der Waals surface area contributed by atoms with Crippen molar-refractivity contribution < 1.29 is 24.3 Å². The lowest BCUT2D eigenvalue weighted by Gasteiger charge is -2.49. The van der Waals surface area contributed by atoms with E-state index in [1.54, 1.807) is 6.08 Å². The van der Waals surface area contributed by atoms with E-state index in [1.165, 1.54) is 28.4 Å². The van der Waals surface area contributed by atoms with Gasteiger partial charge in [0, 0.05) is 35.4 Å². The van der Waals surface area contributed by atoms with Crippen LogP contribution in [0.15, 0.2) is 58.1 Å². The third kappa shape index (κ3) is 4.72. The topological polar surface area (TPSA) is 119 Å². The van der Waals surface area contributed by atoms with Gasteiger partial charge in [0.05, 0.1) is 5.75 Å². The van der Waals surface area contributed by atoms with Crippen molar-refractivity contribution in [3.8, 4) is 0 Å². The summed E-state index contributed by atoms with van der Waals surface area (Å²) in [6.07, 6.45) is 3.14. The second-order valence-electron chi connectivity index (χ2n) is 8.80. The lowest BCUT2D eigenvalue weighted by Crippen LogP contribution is -2.70. The predicted molar refractivity (Wildman–Crippen MR) is 133 cm³/mol. The maximum atomic E-state index is 12.9. The first-order chi connectivity index (χ1) is 16.9. The third-order valence-electron chi connectivity index (χ3n) is 6.61. The summed E-state index contributed by atoms with van der Waals surface area (Å²) < 4.78 is 0. The number of hydrogen-bond donors (Lipinski definition) is 3. The lowest BCUT2D eigenvalue weighted by atomic mass is 10.0. The first kappa shape index (κ1) is 24.0. The molecule has 0 aliphatic carbocycles. The smallest absolute Gasteiger partial charge is 0.352 e. The maximum absolute atomic E-state index is 12.9. The molecule has 1 aromatic rings. The minimum absolute atomic E-state index is 0.0564. The van der Waals surface area contributed by atoms with Crippen LogP contribution in [0.5, 0.6) is 0 Å². The third-order valence-corrected chi connectivity index (χ3v) is 8.93. The predicted octanol–water partition coefficient (Wildman–Crippen LogP) is 1.04. The van der Waals surface area contributed by atoms with Gasteiger partial charge in [0.1, 0.15) is 17.1 Å². The zero-order valence-corrected chi connectivity index (χ0v) is 20.6. The summed E-state index contributed by atoms with van der Waals surface area (Å²) in [6.45, 7) is 2.29. The van der Waals surface area contributed by atoms with Gasteiger partial charge < -0.3 is 20.6 Å². The number of rotatable bonds is 7. The number of carboxylic acids is 1. The standard InChI is InChI=1S/C24H26N4O5S2/c29-18(13-34-17-4-2-1-3-5-17)26-19-22(31)28-20(24(32)33)15(12-35-23(19)28)10-14-7-9-27(21(14)30)16-6-8-25-11-16/h1-5,10,16,19,23,25H,6-9,11-13H2,(H,26,29)(H,32,33)/b14-10+. The lowest BCUT2D eigenvalue weighted by molar-refractivity contribution is -0.150. The first-order valence-electron chi connectivity index (χ1n) is 11.5. The van der Waals surface area contributed by atoms with Crippen LogP contribution in [0.2, 0.25) is 0 Å². The highest BCUT2D eigenvalue weighted by Crippen LogP contribution is 2.41. The van der Waals surface area contributed by atoms with Crippen LogP contribution in [-0.4, -0.2) is 87.2 Å². The summed E-state index contributed by atoms with van der Waals surface area (Å²) in [6, 6.07) is 8.91. The highest BCUT2D eigenvalue weighted by molar-refractivity contribution is 8.00. The van der Waals surface area contributed by atoms with Crippen LogP contribution in [0.25, 0.3) is 0 Å². The molecule has 4 aliphatic rings. The van der Waals surface area contributed by atoms with Crippen molar-refractivity contribution in [2.75, 3.05) is 31.1 Å². The molecule has 4 heterocycles. The van der Waals surface area contributed by atoms with Crippen LogP contribution < -0.4 is 10.6 Å². The Morgan fingerprint density at radius 1 is 1.26 bits per heavy atom. The Bertz CT molecular complexity index is 1120. The molecule has 0 spiro atoms.